The number of nitrogens with zero attached hydrogens (tertiary/aromatic N) is 7. The highest BCUT2D eigenvalue weighted by molar-refractivity contribution is 6.33. The van der Waals surface area contributed by atoms with Crippen LogP contribution in [-0.2, 0) is 22.3 Å². The molecule has 2 aromatic rings. The molecule has 0 fully saturated rings. The third kappa shape index (κ3) is 3.75. The molecule has 0 aromatic carbocycles. The van der Waals surface area contributed by atoms with Crippen molar-refractivity contribution in [2.24, 2.45) is 5.10 Å². The van der Waals surface area contributed by atoms with Crippen molar-refractivity contribution in [2.45, 2.75) is 31.8 Å². The van der Waals surface area contributed by atoms with Gasteiger partial charge in [-0.05, 0) is 24.3 Å². The fraction of sp³-hybridized carbons (Fsp3) is 0.429. The Morgan fingerprint density at radius 1 is 1.46 bits per heavy atom. The van der Waals surface area contributed by atoms with Gasteiger partial charge in [-0.3, -0.25) is 0 Å². The van der Waals surface area contributed by atoms with Gasteiger partial charge in [0.1, 0.15) is 6.54 Å². The molecule has 1 unspecified atom stereocenters. The van der Waals surface area contributed by atoms with Gasteiger partial charge in [0.15, 0.2) is 5.82 Å². The van der Waals surface area contributed by atoms with Gasteiger partial charge >= 0.3 is 12.1 Å². The number of aliphatic hydroxyl groups is 1. The van der Waals surface area contributed by atoms with Crippen molar-refractivity contribution >= 4 is 29.1 Å². The molecule has 10 nitrogen and oxygen atoms in total. The summed E-state index contributed by atoms with van der Waals surface area (Å²) in [6.07, 6.45) is -3.77. The van der Waals surface area contributed by atoms with Crippen molar-refractivity contribution in [1.29, 1.82) is 0 Å². The van der Waals surface area contributed by atoms with Crippen LogP contribution in [0.5, 0.6) is 0 Å². The molecule has 14 heteroatoms. The summed E-state index contributed by atoms with van der Waals surface area (Å²) in [5, 5.41) is 25.4. The third-order valence-corrected chi connectivity index (χ3v) is 3.91. The van der Waals surface area contributed by atoms with Crippen LogP contribution in [-0.4, -0.2) is 54.3 Å². The van der Waals surface area contributed by atoms with E-state index in [1.54, 1.807) is 6.92 Å². The monoisotopic (exact) mass is 419 g/mol. The number of pyridine rings is 1. The number of esters is 1. The molecule has 0 bridgehead atoms. The maximum Gasteiger partial charge on any atom is 0.455 e. The third-order valence-electron chi connectivity index (χ3n) is 3.61. The Kier molecular flexibility index (Phi) is 5.21. The van der Waals surface area contributed by atoms with Crippen LogP contribution in [0.15, 0.2) is 23.4 Å². The lowest BCUT2D eigenvalue weighted by atomic mass is 10.1. The molecule has 150 valence electrons. The minimum Gasteiger partial charge on any atom is -0.462 e. The number of carbonyl (C=O) groups is 1. The summed E-state index contributed by atoms with van der Waals surface area (Å²) >= 11 is 6.07. The van der Waals surface area contributed by atoms with Gasteiger partial charge in [-0.2, -0.15) is 23.1 Å². The van der Waals surface area contributed by atoms with E-state index in [4.69, 9.17) is 16.3 Å². The molecular formula is C14H13ClF3N7O3. The predicted molar refractivity (Wildman–Crippen MR) is 88.2 cm³/mol. The molecule has 0 spiro atoms. The minimum absolute atomic E-state index is 0.0140. The minimum atomic E-state index is -4.76. The number of carbonyl (C=O) groups excluding carboxylic acids is 1. The topological polar surface area (TPSA) is 119 Å². The Morgan fingerprint density at radius 3 is 2.82 bits per heavy atom. The van der Waals surface area contributed by atoms with E-state index >= 15 is 0 Å². The lowest BCUT2D eigenvalue weighted by molar-refractivity contribution is -0.163. The average Bonchev–Trinajstić information content (AvgIpc) is 3.21. The number of hydrogen-bond donors (Lipinski definition) is 1. The summed E-state index contributed by atoms with van der Waals surface area (Å²) in [7, 11) is 0. The largest absolute Gasteiger partial charge is 0.462 e. The zero-order chi connectivity index (χ0) is 20.5. The van der Waals surface area contributed by atoms with Gasteiger partial charge in [-0.15, -0.1) is 10.2 Å². The summed E-state index contributed by atoms with van der Waals surface area (Å²) in [5.41, 5.74) is -2.19. The van der Waals surface area contributed by atoms with E-state index in [-0.39, 0.29) is 36.1 Å². The smallest absolute Gasteiger partial charge is 0.455 e. The van der Waals surface area contributed by atoms with Crippen LogP contribution in [0, 0.1) is 0 Å². The highest BCUT2D eigenvalue weighted by Gasteiger charge is 2.51. The fourth-order valence-corrected chi connectivity index (χ4v) is 2.66. The highest BCUT2D eigenvalue weighted by Crippen LogP contribution is 2.35. The number of alkyl halides is 3. The molecule has 1 atom stereocenters. The van der Waals surface area contributed by atoms with Crippen molar-refractivity contribution in [3.05, 3.63) is 29.2 Å². The molecule has 1 aliphatic rings. The second kappa shape index (κ2) is 7.31. The number of tetrazole rings is 1. The molecular weight excluding hydrogens is 407 g/mol. The summed E-state index contributed by atoms with van der Waals surface area (Å²) in [6, 6.07) is 3.01. The molecule has 1 aliphatic heterocycles. The number of halogens is 4. The molecule has 1 N–H and O–H groups in total. The van der Waals surface area contributed by atoms with Crippen LogP contribution in [0.3, 0.4) is 0 Å². The Labute approximate surface area is 160 Å². The van der Waals surface area contributed by atoms with Crippen LogP contribution in [0.4, 0.5) is 19.0 Å². The maximum absolute atomic E-state index is 12.6. The predicted octanol–water partition coefficient (Wildman–Crippen LogP) is 1.26. The highest BCUT2D eigenvalue weighted by atomic mass is 35.5. The molecule has 28 heavy (non-hydrogen) atoms. The van der Waals surface area contributed by atoms with Crippen LogP contribution in [0.1, 0.15) is 19.2 Å². The maximum atomic E-state index is 12.6. The first-order valence-corrected chi connectivity index (χ1v) is 8.24. The zero-order valence-corrected chi connectivity index (χ0v) is 15.0. The fourth-order valence-electron chi connectivity index (χ4n) is 2.45. The first kappa shape index (κ1) is 19.9. The molecule has 2 aromatic heterocycles. The first-order valence-electron chi connectivity index (χ1n) is 7.87. The molecule has 0 saturated heterocycles. The van der Waals surface area contributed by atoms with Crippen molar-refractivity contribution in [1.82, 2.24) is 25.2 Å². The molecule has 3 rings (SSSR count). The van der Waals surface area contributed by atoms with Gasteiger partial charge in [-0.25, -0.2) is 14.8 Å². The van der Waals surface area contributed by atoms with E-state index in [2.05, 4.69) is 25.5 Å². The van der Waals surface area contributed by atoms with Crippen LogP contribution in [0.25, 0.3) is 0 Å². The van der Waals surface area contributed by atoms with E-state index in [0.717, 1.165) is 5.01 Å². The molecule has 0 amide bonds. The molecule has 0 radical (unpaired) electrons. The van der Waals surface area contributed by atoms with Gasteiger partial charge in [0.2, 0.25) is 0 Å². The SMILES string of the molecule is CCOC(=O)C1(O)CC(Cn2nnc(C(F)(F)F)n2)=NN1c1ncccc1Cl. The van der Waals surface area contributed by atoms with Gasteiger partial charge in [0.05, 0.1) is 23.8 Å². The summed E-state index contributed by atoms with van der Waals surface area (Å²) in [6.45, 7) is 1.18. The Hall–Kier alpha value is -2.80. The average molecular weight is 420 g/mol. The van der Waals surface area contributed by atoms with Gasteiger partial charge in [-0.1, -0.05) is 11.6 Å². The number of ether oxygens (including phenoxy) is 1. The van der Waals surface area contributed by atoms with Crippen LogP contribution < -0.4 is 5.01 Å². The molecule has 0 aliphatic carbocycles. The molecule has 0 saturated carbocycles. The molecule has 3 heterocycles. The summed E-state index contributed by atoms with van der Waals surface area (Å²) in [5.74, 6) is -2.47. The summed E-state index contributed by atoms with van der Waals surface area (Å²) < 4.78 is 42.7. The van der Waals surface area contributed by atoms with E-state index in [1.807, 2.05) is 0 Å². The number of rotatable bonds is 5. The van der Waals surface area contributed by atoms with Gasteiger partial charge in [0.25, 0.3) is 11.5 Å². The van der Waals surface area contributed by atoms with Crippen molar-refractivity contribution < 1.29 is 27.8 Å². The Balaban J connectivity index is 1.92. The van der Waals surface area contributed by atoms with Crippen molar-refractivity contribution in [2.75, 3.05) is 11.6 Å². The van der Waals surface area contributed by atoms with Crippen molar-refractivity contribution in [3.8, 4) is 0 Å². The Morgan fingerprint density at radius 2 is 2.21 bits per heavy atom. The van der Waals surface area contributed by atoms with Crippen LogP contribution >= 0.6 is 11.6 Å². The van der Waals surface area contributed by atoms with E-state index < -0.39 is 23.7 Å². The summed E-state index contributed by atoms with van der Waals surface area (Å²) in [4.78, 5) is 17.0. The lowest BCUT2D eigenvalue weighted by Gasteiger charge is -2.29. The van der Waals surface area contributed by atoms with E-state index in [0.29, 0.717) is 4.80 Å². The van der Waals surface area contributed by atoms with Crippen LogP contribution in [0.2, 0.25) is 5.02 Å². The Bertz CT molecular complexity index is 920. The zero-order valence-electron chi connectivity index (χ0n) is 14.3. The number of aromatic nitrogens is 5. The second-order valence-corrected chi connectivity index (χ2v) is 6.05. The number of anilines is 1. The number of hydrazone groups is 1. The van der Waals surface area contributed by atoms with Gasteiger partial charge in [0, 0.05) is 6.20 Å². The standard InChI is InChI=1S/C14H13ClF3N7O3/c1-2-28-12(26)13(27)6-8(7-24-22-11(20-23-24)14(16,17)18)21-25(13)10-9(15)4-3-5-19-10/h3-5,27H,2,6-7H2,1H3. The normalized spacial score (nSPS) is 19.6. The first-order chi connectivity index (χ1) is 13.1. The van der Waals surface area contributed by atoms with Gasteiger partial charge < -0.3 is 9.84 Å². The number of hydrogen-bond acceptors (Lipinski definition) is 9. The quantitative estimate of drug-likeness (QED) is 0.719. The van der Waals surface area contributed by atoms with E-state index in [9.17, 15) is 23.1 Å². The van der Waals surface area contributed by atoms with Crippen molar-refractivity contribution in [3.63, 3.8) is 0 Å². The van der Waals surface area contributed by atoms with E-state index in [1.165, 1.54) is 18.3 Å². The lowest BCUT2D eigenvalue weighted by Crippen LogP contribution is -2.51. The second-order valence-electron chi connectivity index (χ2n) is 5.64.